The van der Waals surface area contributed by atoms with Gasteiger partial charge < -0.3 is 20.6 Å². The van der Waals surface area contributed by atoms with E-state index >= 15 is 0 Å². The molecule has 1 aromatic carbocycles. The van der Waals surface area contributed by atoms with Crippen molar-refractivity contribution in [3.05, 3.63) is 36.2 Å². The third kappa shape index (κ3) is 3.19. The highest BCUT2D eigenvalue weighted by Crippen LogP contribution is 2.26. The average molecular weight is 432 g/mol. The highest BCUT2D eigenvalue weighted by molar-refractivity contribution is 5.96. The van der Waals surface area contributed by atoms with Gasteiger partial charge in [-0.05, 0) is 12.1 Å². The predicted molar refractivity (Wildman–Crippen MR) is 111 cm³/mol. The second-order valence-electron chi connectivity index (χ2n) is 7.12. The van der Waals surface area contributed by atoms with Crippen molar-refractivity contribution < 1.29 is 14.7 Å². The summed E-state index contributed by atoms with van der Waals surface area (Å²) < 4.78 is 1.44. The number of hydrogen-bond acceptors (Lipinski definition) is 8. The molecule has 1 aliphatic rings. The number of para-hydroxylation sites is 1. The number of benzene rings is 1. The van der Waals surface area contributed by atoms with E-state index in [1.54, 1.807) is 30.6 Å². The molecule has 13 nitrogen and oxygen atoms in total. The molecule has 0 bridgehead atoms. The molecule has 0 saturated carbocycles. The first-order valence-electron chi connectivity index (χ1n) is 9.66. The molecule has 1 atom stereocenters. The van der Waals surface area contributed by atoms with Crippen LogP contribution in [0.4, 0.5) is 10.7 Å². The molecule has 4 aromatic rings. The van der Waals surface area contributed by atoms with Gasteiger partial charge in [-0.1, -0.05) is 6.07 Å². The summed E-state index contributed by atoms with van der Waals surface area (Å²) in [6.45, 7) is 0.300. The lowest BCUT2D eigenvalue weighted by molar-refractivity contribution is -0.121. The number of nitrogens with one attached hydrogen (secondary N) is 3. The van der Waals surface area contributed by atoms with E-state index < -0.39 is 12.1 Å². The lowest BCUT2D eigenvalue weighted by Gasteiger charge is -2.21. The minimum atomic E-state index is -1.13. The van der Waals surface area contributed by atoms with Gasteiger partial charge in [-0.15, -0.1) is 5.10 Å². The molecule has 160 valence electrons. The molecule has 4 N–H and O–H groups in total. The Morgan fingerprint density at radius 3 is 2.97 bits per heavy atom. The normalized spacial score (nSPS) is 16.5. The number of rotatable bonds is 3. The van der Waals surface area contributed by atoms with E-state index in [2.05, 4.69) is 42.0 Å². The van der Waals surface area contributed by atoms with E-state index in [1.165, 1.54) is 4.52 Å². The average Bonchev–Trinajstić information content (AvgIpc) is 3.43. The number of hydrogen-bond donors (Lipinski definition) is 4. The number of carbonyl (C=O) groups excluding carboxylic acids is 1. The molecule has 2 amide bonds. The maximum atomic E-state index is 12.6. The van der Waals surface area contributed by atoms with Crippen LogP contribution in [0, 0.1) is 11.3 Å². The van der Waals surface area contributed by atoms with E-state index in [-0.39, 0.29) is 31.5 Å². The fourth-order valence-electron chi connectivity index (χ4n) is 3.58. The number of fused-ring (bicyclic) bond motifs is 3. The molecule has 1 aliphatic heterocycles. The standard InChI is InChI=1S/C19H16N10O3/c20-6-10-2-1-3-12-14(10)25-18(24-13-9-28(19(31)32)5-4-21-17(13)30)29-16(12)26-15(27-29)11-7-22-23-8-11/h1-3,7-8,13H,4-5,9H2,(H,21,30)(H,22,23)(H,24,25)(H,31,32)/t13-/m1/s1. The van der Waals surface area contributed by atoms with Crippen LogP contribution in [0.2, 0.25) is 0 Å². The Balaban J connectivity index is 1.67. The minimum Gasteiger partial charge on any atom is -0.465 e. The van der Waals surface area contributed by atoms with Gasteiger partial charge in [0.2, 0.25) is 11.9 Å². The van der Waals surface area contributed by atoms with Crippen molar-refractivity contribution in [2.24, 2.45) is 0 Å². The van der Waals surface area contributed by atoms with Crippen LogP contribution in [0.25, 0.3) is 27.9 Å². The molecule has 0 unspecified atom stereocenters. The summed E-state index contributed by atoms with van der Waals surface area (Å²) in [6, 6.07) is 6.33. The summed E-state index contributed by atoms with van der Waals surface area (Å²) in [7, 11) is 0. The van der Waals surface area contributed by atoms with Crippen LogP contribution < -0.4 is 10.6 Å². The number of aromatic nitrogens is 6. The van der Waals surface area contributed by atoms with Gasteiger partial charge in [-0.2, -0.15) is 14.9 Å². The van der Waals surface area contributed by atoms with Crippen LogP contribution in [0.15, 0.2) is 30.6 Å². The molecule has 32 heavy (non-hydrogen) atoms. The summed E-state index contributed by atoms with van der Waals surface area (Å²) >= 11 is 0. The van der Waals surface area contributed by atoms with Gasteiger partial charge in [-0.3, -0.25) is 9.89 Å². The lowest BCUT2D eigenvalue weighted by atomic mass is 10.1. The van der Waals surface area contributed by atoms with E-state index in [0.29, 0.717) is 33.5 Å². The fraction of sp³-hybridized carbons (Fsp3) is 0.211. The van der Waals surface area contributed by atoms with Gasteiger partial charge >= 0.3 is 6.09 Å². The van der Waals surface area contributed by atoms with Crippen molar-refractivity contribution in [2.45, 2.75) is 6.04 Å². The Morgan fingerprint density at radius 2 is 2.22 bits per heavy atom. The Hall–Kier alpha value is -4.73. The quantitative estimate of drug-likeness (QED) is 0.357. The fourth-order valence-corrected chi connectivity index (χ4v) is 3.58. The lowest BCUT2D eigenvalue weighted by Crippen LogP contribution is -2.44. The number of H-pyrrole nitrogens is 1. The Labute approximate surface area is 179 Å². The first kappa shape index (κ1) is 19.2. The zero-order valence-corrected chi connectivity index (χ0v) is 16.5. The number of carboxylic acid groups (broad SMARTS) is 1. The second-order valence-corrected chi connectivity index (χ2v) is 7.12. The van der Waals surface area contributed by atoms with Crippen molar-refractivity contribution in [2.75, 3.05) is 25.0 Å². The molecule has 0 radical (unpaired) electrons. The van der Waals surface area contributed by atoms with Crippen molar-refractivity contribution in [1.82, 2.24) is 40.0 Å². The Kier molecular flexibility index (Phi) is 4.52. The molecule has 0 spiro atoms. The SMILES string of the molecule is N#Cc1cccc2c1nc(N[C@@H]1CN(C(=O)O)CCNC1=O)n1nc(-c3cn[nH]c3)nc21. The van der Waals surface area contributed by atoms with Crippen molar-refractivity contribution in [1.29, 1.82) is 5.26 Å². The van der Waals surface area contributed by atoms with Crippen LogP contribution in [0.3, 0.4) is 0 Å². The summed E-state index contributed by atoms with van der Waals surface area (Å²) in [5.41, 5.74) is 1.79. The van der Waals surface area contributed by atoms with Crippen LogP contribution in [0.5, 0.6) is 0 Å². The maximum Gasteiger partial charge on any atom is 0.407 e. The second kappa shape index (κ2) is 7.51. The third-order valence-electron chi connectivity index (χ3n) is 5.15. The summed E-state index contributed by atoms with van der Waals surface area (Å²) in [4.78, 5) is 34.4. The van der Waals surface area contributed by atoms with Crippen LogP contribution in [-0.2, 0) is 4.79 Å². The van der Waals surface area contributed by atoms with Crippen LogP contribution >= 0.6 is 0 Å². The molecule has 5 rings (SSSR count). The number of anilines is 1. The summed E-state index contributed by atoms with van der Waals surface area (Å²) in [5.74, 6) is 0.160. The molecule has 1 fully saturated rings. The summed E-state index contributed by atoms with van der Waals surface area (Å²) in [5, 5.41) is 36.4. The third-order valence-corrected chi connectivity index (χ3v) is 5.15. The van der Waals surface area contributed by atoms with Crippen LogP contribution in [-0.4, -0.2) is 77.5 Å². The molecule has 1 saturated heterocycles. The molecular weight excluding hydrogens is 416 g/mol. The highest BCUT2D eigenvalue weighted by Gasteiger charge is 2.29. The number of nitriles is 1. The number of aromatic amines is 1. The summed E-state index contributed by atoms with van der Waals surface area (Å²) in [6.07, 6.45) is 2.09. The van der Waals surface area contributed by atoms with Crippen molar-refractivity contribution >= 4 is 34.5 Å². The smallest absolute Gasteiger partial charge is 0.407 e. The zero-order valence-electron chi connectivity index (χ0n) is 16.5. The van der Waals surface area contributed by atoms with E-state index in [1.807, 2.05) is 0 Å². The monoisotopic (exact) mass is 432 g/mol. The number of nitrogens with zero attached hydrogens (tertiary/aromatic N) is 7. The number of amides is 2. The largest absolute Gasteiger partial charge is 0.465 e. The Bertz CT molecular complexity index is 1390. The first-order chi connectivity index (χ1) is 15.5. The van der Waals surface area contributed by atoms with Gasteiger partial charge in [0.05, 0.1) is 29.4 Å². The Morgan fingerprint density at radius 1 is 1.34 bits per heavy atom. The minimum absolute atomic E-state index is 0.0778. The highest BCUT2D eigenvalue weighted by atomic mass is 16.4. The molecule has 0 aliphatic carbocycles. The van der Waals surface area contributed by atoms with Gasteiger partial charge in [-0.25, -0.2) is 14.8 Å². The molecule has 3 aromatic heterocycles. The van der Waals surface area contributed by atoms with Crippen LogP contribution in [0.1, 0.15) is 5.56 Å². The first-order valence-corrected chi connectivity index (χ1v) is 9.66. The van der Waals surface area contributed by atoms with Gasteiger partial charge in [0.1, 0.15) is 12.1 Å². The zero-order chi connectivity index (χ0) is 22.2. The van der Waals surface area contributed by atoms with E-state index in [9.17, 15) is 20.0 Å². The molecule has 13 heteroatoms. The van der Waals surface area contributed by atoms with E-state index in [4.69, 9.17) is 0 Å². The molecule has 4 heterocycles. The number of carbonyl (C=O) groups is 2. The maximum absolute atomic E-state index is 12.6. The van der Waals surface area contributed by atoms with Gasteiger partial charge in [0.25, 0.3) is 0 Å². The topological polar surface area (TPSA) is 177 Å². The van der Waals surface area contributed by atoms with Crippen molar-refractivity contribution in [3.63, 3.8) is 0 Å². The van der Waals surface area contributed by atoms with Gasteiger partial charge in [0.15, 0.2) is 11.5 Å². The van der Waals surface area contributed by atoms with Crippen molar-refractivity contribution in [3.8, 4) is 17.5 Å². The van der Waals surface area contributed by atoms with E-state index in [0.717, 1.165) is 4.90 Å². The van der Waals surface area contributed by atoms with Gasteiger partial charge in [0, 0.05) is 24.7 Å². The molecular formula is C19H16N10O3. The predicted octanol–water partition coefficient (Wildman–Crippen LogP) is 0.430.